The van der Waals surface area contributed by atoms with Gasteiger partial charge in [-0.25, -0.2) is 13.2 Å². The molecule has 0 saturated carbocycles. The second-order valence-corrected chi connectivity index (χ2v) is 4.01. The van der Waals surface area contributed by atoms with Crippen LogP contribution in [0.15, 0.2) is 42.5 Å². The van der Waals surface area contributed by atoms with Gasteiger partial charge in [-0.2, -0.15) is 0 Å². The fraction of sp³-hybridized carbons (Fsp3) is 0.143. The van der Waals surface area contributed by atoms with Crippen molar-refractivity contribution >= 4 is 5.69 Å². The third-order valence-corrected chi connectivity index (χ3v) is 2.66. The summed E-state index contributed by atoms with van der Waals surface area (Å²) in [6, 6.07) is 8.80. The minimum atomic E-state index is -0.600. The largest absolute Gasteiger partial charge is 0.378 e. The van der Waals surface area contributed by atoms with Gasteiger partial charge in [-0.3, -0.25) is 0 Å². The van der Waals surface area contributed by atoms with Crippen LogP contribution in [0.5, 0.6) is 0 Å². The third-order valence-electron chi connectivity index (χ3n) is 2.66. The molecule has 0 spiro atoms. The highest BCUT2D eigenvalue weighted by molar-refractivity contribution is 5.45. The molecule has 2 aromatic carbocycles. The lowest BCUT2D eigenvalue weighted by molar-refractivity contribution is 0.544. The molecule has 0 saturated heterocycles. The van der Waals surface area contributed by atoms with Gasteiger partial charge in [0.2, 0.25) is 0 Å². The van der Waals surface area contributed by atoms with Gasteiger partial charge in [-0.15, -0.1) is 0 Å². The molecule has 1 N–H and O–H groups in total. The van der Waals surface area contributed by atoms with E-state index in [1.165, 1.54) is 42.5 Å². The van der Waals surface area contributed by atoms with Crippen molar-refractivity contribution in [3.63, 3.8) is 0 Å². The second kappa shape index (κ2) is 5.12. The van der Waals surface area contributed by atoms with E-state index in [-0.39, 0.29) is 11.4 Å². The Morgan fingerprint density at radius 3 is 2.00 bits per heavy atom. The molecule has 4 heteroatoms. The predicted molar refractivity (Wildman–Crippen MR) is 64.8 cm³/mol. The number of benzene rings is 2. The number of hydrogen-bond donors (Lipinski definition) is 1. The first-order chi connectivity index (χ1) is 8.58. The summed E-state index contributed by atoms with van der Waals surface area (Å²) in [5, 5.41) is 2.92. The molecule has 0 bridgehead atoms. The molecule has 2 aromatic rings. The number of hydrogen-bond acceptors (Lipinski definition) is 1. The highest BCUT2D eigenvalue weighted by atomic mass is 19.1. The van der Waals surface area contributed by atoms with Crippen LogP contribution in [0.2, 0.25) is 0 Å². The number of anilines is 1. The molecule has 2 rings (SSSR count). The molecule has 0 aliphatic heterocycles. The summed E-state index contributed by atoms with van der Waals surface area (Å²) < 4.78 is 39.8. The Balaban J connectivity index is 2.22. The summed E-state index contributed by atoms with van der Waals surface area (Å²) in [6.07, 6.45) is 0. The fourth-order valence-corrected chi connectivity index (χ4v) is 1.79. The molecule has 0 heterocycles. The number of nitrogens with one attached hydrogen (secondary N) is 1. The standard InChI is InChI=1S/C14H12F3N/c1-9(14-12(16)3-2-4-13(14)17)18-11-7-5-10(15)6-8-11/h2-9,18H,1H3. The quantitative estimate of drug-likeness (QED) is 0.858. The van der Waals surface area contributed by atoms with Crippen LogP contribution >= 0.6 is 0 Å². The van der Waals surface area contributed by atoms with E-state index >= 15 is 0 Å². The molecule has 1 unspecified atom stereocenters. The van der Waals surface area contributed by atoms with Gasteiger partial charge in [0.25, 0.3) is 0 Å². The minimum absolute atomic E-state index is 0.0261. The van der Waals surface area contributed by atoms with Crippen LogP contribution in [0.3, 0.4) is 0 Å². The van der Waals surface area contributed by atoms with Crippen LogP contribution in [-0.4, -0.2) is 0 Å². The van der Waals surface area contributed by atoms with E-state index in [0.717, 1.165) is 0 Å². The summed E-state index contributed by atoms with van der Waals surface area (Å²) in [5.74, 6) is -1.56. The molecular formula is C14H12F3N. The maximum Gasteiger partial charge on any atom is 0.131 e. The highest BCUT2D eigenvalue weighted by Gasteiger charge is 2.15. The van der Waals surface area contributed by atoms with Gasteiger partial charge in [0.1, 0.15) is 17.5 Å². The monoisotopic (exact) mass is 251 g/mol. The van der Waals surface area contributed by atoms with Crippen LogP contribution in [-0.2, 0) is 0 Å². The molecule has 0 amide bonds. The van der Waals surface area contributed by atoms with E-state index in [9.17, 15) is 13.2 Å². The Kier molecular flexibility index (Phi) is 3.55. The molecule has 94 valence electrons. The van der Waals surface area contributed by atoms with Crippen molar-refractivity contribution in [1.82, 2.24) is 0 Å². The van der Waals surface area contributed by atoms with Crippen molar-refractivity contribution in [2.45, 2.75) is 13.0 Å². The summed E-state index contributed by atoms with van der Waals surface area (Å²) in [5.41, 5.74) is 0.577. The smallest absolute Gasteiger partial charge is 0.131 e. The van der Waals surface area contributed by atoms with Gasteiger partial charge in [0.15, 0.2) is 0 Å². The Morgan fingerprint density at radius 2 is 1.44 bits per heavy atom. The SMILES string of the molecule is CC(Nc1ccc(F)cc1)c1c(F)cccc1F. The number of rotatable bonds is 3. The Labute approximate surface area is 103 Å². The van der Waals surface area contributed by atoms with E-state index in [0.29, 0.717) is 5.69 Å². The maximum absolute atomic E-state index is 13.5. The lowest BCUT2D eigenvalue weighted by Crippen LogP contribution is -2.10. The van der Waals surface area contributed by atoms with Crippen molar-refractivity contribution in [1.29, 1.82) is 0 Å². The summed E-state index contributed by atoms with van der Waals surface area (Å²) >= 11 is 0. The minimum Gasteiger partial charge on any atom is -0.378 e. The van der Waals surface area contributed by atoms with Crippen LogP contribution in [0.4, 0.5) is 18.9 Å². The molecule has 1 atom stereocenters. The molecule has 0 fully saturated rings. The van der Waals surface area contributed by atoms with Crippen LogP contribution < -0.4 is 5.32 Å². The van der Waals surface area contributed by atoms with Gasteiger partial charge < -0.3 is 5.32 Å². The normalized spacial score (nSPS) is 12.2. The first kappa shape index (κ1) is 12.5. The van der Waals surface area contributed by atoms with E-state index in [2.05, 4.69) is 5.32 Å². The molecule has 18 heavy (non-hydrogen) atoms. The molecular weight excluding hydrogens is 239 g/mol. The van der Waals surface area contributed by atoms with Crippen LogP contribution in [0.1, 0.15) is 18.5 Å². The topological polar surface area (TPSA) is 12.0 Å². The summed E-state index contributed by atoms with van der Waals surface area (Å²) in [6.45, 7) is 1.64. The van der Waals surface area contributed by atoms with Crippen LogP contribution in [0.25, 0.3) is 0 Å². The average Bonchev–Trinajstić information content (AvgIpc) is 2.32. The van der Waals surface area contributed by atoms with E-state index in [1.807, 2.05) is 0 Å². The Hall–Kier alpha value is -1.97. The molecule has 1 nitrogen and oxygen atoms in total. The van der Waals surface area contributed by atoms with Gasteiger partial charge >= 0.3 is 0 Å². The molecule has 0 aliphatic rings. The van der Waals surface area contributed by atoms with E-state index < -0.39 is 17.7 Å². The molecule has 0 aliphatic carbocycles. The zero-order valence-electron chi connectivity index (χ0n) is 9.75. The van der Waals surface area contributed by atoms with Crippen molar-refractivity contribution in [3.05, 3.63) is 65.5 Å². The van der Waals surface area contributed by atoms with Crippen molar-refractivity contribution in [2.24, 2.45) is 0 Å². The highest BCUT2D eigenvalue weighted by Crippen LogP contribution is 2.24. The van der Waals surface area contributed by atoms with Gasteiger partial charge in [0, 0.05) is 11.3 Å². The second-order valence-electron chi connectivity index (χ2n) is 4.01. The van der Waals surface area contributed by atoms with Crippen LogP contribution in [0, 0.1) is 17.5 Å². The molecule has 0 aromatic heterocycles. The average molecular weight is 251 g/mol. The Morgan fingerprint density at radius 1 is 0.889 bits per heavy atom. The van der Waals surface area contributed by atoms with Crippen molar-refractivity contribution in [2.75, 3.05) is 5.32 Å². The maximum atomic E-state index is 13.5. The predicted octanol–water partition coefficient (Wildman–Crippen LogP) is 4.28. The van der Waals surface area contributed by atoms with Gasteiger partial charge in [-0.05, 0) is 43.3 Å². The van der Waals surface area contributed by atoms with Crippen molar-refractivity contribution < 1.29 is 13.2 Å². The fourth-order valence-electron chi connectivity index (χ4n) is 1.79. The summed E-state index contributed by atoms with van der Waals surface area (Å²) in [7, 11) is 0. The van der Waals surface area contributed by atoms with Gasteiger partial charge in [-0.1, -0.05) is 6.07 Å². The Bertz CT molecular complexity index is 517. The van der Waals surface area contributed by atoms with Crippen molar-refractivity contribution in [3.8, 4) is 0 Å². The van der Waals surface area contributed by atoms with E-state index in [1.54, 1.807) is 6.92 Å². The lowest BCUT2D eigenvalue weighted by Gasteiger charge is -2.17. The first-order valence-electron chi connectivity index (χ1n) is 5.54. The molecule has 0 radical (unpaired) electrons. The zero-order valence-corrected chi connectivity index (χ0v) is 9.75. The summed E-state index contributed by atoms with van der Waals surface area (Å²) in [4.78, 5) is 0. The third kappa shape index (κ3) is 2.64. The number of halogens is 3. The zero-order chi connectivity index (χ0) is 13.1. The first-order valence-corrected chi connectivity index (χ1v) is 5.54. The van der Waals surface area contributed by atoms with E-state index in [4.69, 9.17) is 0 Å². The van der Waals surface area contributed by atoms with Gasteiger partial charge in [0.05, 0.1) is 6.04 Å². The lowest BCUT2D eigenvalue weighted by atomic mass is 10.1.